The summed E-state index contributed by atoms with van der Waals surface area (Å²) < 4.78 is 0. The second-order valence-corrected chi connectivity index (χ2v) is 4.76. The molecule has 0 amide bonds. The van der Waals surface area contributed by atoms with E-state index in [1.807, 2.05) is 54.6 Å². The first-order chi connectivity index (χ1) is 9.84. The molecule has 0 saturated carbocycles. The SMILES string of the molecule is Oc1c2c(Nc3ccccc3)[nH][nH]c-2c2ccccc12. The van der Waals surface area contributed by atoms with Gasteiger partial charge in [0.1, 0.15) is 11.6 Å². The molecule has 1 aliphatic heterocycles. The van der Waals surface area contributed by atoms with E-state index in [2.05, 4.69) is 15.5 Å². The quantitative estimate of drug-likeness (QED) is 0.441. The first-order valence-corrected chi connectivity index (χ1v) is 6.46. The molecule has 0 aromatic heterocycles. The topological polar surface area (TPSA) is 63.8 Å². The second-order valence-electron chi connectivity index (χ2n) is 4.76. The molecule has 0 unspecified atom stereocenters. The van der Waals surface area contributed by atoms with Crippen LogP contribution in [-0.4, -0.2) is 15.3 Å². The molecule has 1 aliphatic carbocycles. The summed E-state index contributed by atoms with van der Waals surface area (Å²) in [5.74, 6) is 1.06. The van der Waals surface area contributed by atoms with E-state index in [4.69, 9.17) is 0 Å². The summed E-state index contributed by atoms with van der Waals surface area (Å²) in [5.41, 5.74) is 2.67. The molecule has 20 heavy (non-hydrogen) atoms. The Labute approximate surface area is 115 Å². The van der Waals surface area contributed by atoms with Crippen molar-refractivity contribution >= 4 is 22.3 Å². The molecule has 4 nitrogen and oxygen atoms in total. The molecular formula is C16H13N3O. The number of rotatable bonds is 2. The summed E-state index contributed by atoms with van der Waals surface area (Å²) in [6.45, 7) is 0. The van der Waals surface area contributed by atoms with E-state index in [0.717, 1.165) is 33.5 Å². The Kier molecular flexibility index (Phi) is 2.23. The van der Waals surface area contributed by atoms with Gasteiger partial charge in [0.25, 0.3) is 0 Å². The zero-order chi connectivity index (χ0) is 13.5. The Bertz CT molecular complexity index is 845. The first kappa shape index (κ1) is 11.0. The van der Waals surface area contributed by atoms with Crippen LogP contribution in [0.2, 0.25) is 0 Å². The molecule has 4 rings (SSSR count). The Morgan fingerprint density at radius 2 is 1.50 bits per heavy atom. The van der Waals surface area contributed by atoms with Crippen molar-refractivity contribution in [1.82, 2.24) is 10.2 Å². The lowest BCUT2D eigenvalue weighted by Gasteiger charge is -2.04. The van der Waals surface area contributed by atoms with Crippen molar-refractivity contribution in [1.29, 1.82) is 0 Å². The standard InChI is InChI=1S/C16H13N3O/c20-15-12-9-5-4-8-11(12)14-13(15)16(19-18-14)17-10-6-2-1-3-7-10/h1-9,17-20H. The molecule has 0 bridgehead atoms. The van der Waals surface area contributed by atoms with E-state index in [1.165, 1.54) is 0 Å². The molecule has 0 fully saturated rings. The van der Waals surface area contributed by atoms with Crippen molar-refractivity contribution in [3.05, 3.63) is 54.6 Å². The van der Waals surface area contributed by atoms with Crippen LogP contribution in [0.3, 0.4) is 0 Å². The van der Waals surface area contributed by atoms with E-state index in [-0.39, 0.29) is 0 Å². The van der Waals surface area contributed by atoms with Crippen molar-refractivity contribution < 1.29 is 5.11 Å². The number of H-pyrrole nitrogens is 2. The average molecular weight is 263 g/mol. The van der Waals surface area contributed by atoms with E-state index in [0.29, 0.717) is 5.75 Å². The number of benzene rings is 2. The number of aromatic amines is 2. The molecule has 4 heteroatoms. The predicted molar refractivity (Wildman–Crippen MR) is 80.7 cm³/mol. The number of para-hydroxylation sites is 1. The smallest absolute Gasteiger partial charge is 0.136 e. The molecule has 0 spiro atoms. The fourth-order valence-corrected chi connectivity index (χ4v) is 2.62. The highest BCUT2D eigenvalue weighted by Crippen LogP contribution is 2.46. The highest BCUT2D eigenvalue weighted by atomic mass is 16.3. The van der Waals surface area contributed by atoms with Gasteiger partial charge < -0.3 is 10.4 Å². The Morgan fingerprint density at radius 1 is 0.800 bits per heavy atom. The van der Waals surface area contributed by atoms with Crippen LogP contribution < -0.4 is 5.32 Å². The van der Waals surface area contributed by atoms with Gasteiger partial charge in [-0.1, -0.05) is 42.5 Å². The lowest BCUT2D eigenvalue weighted by molar-refractivity contribution is 0.485. The molecular weight excluding hydrogens is 250 g/mol. The first-order valence-electron chi connectivity index (χ1n) is 6.46. The predicted octanol–water partition coefficient (Wildman–Crippen LogP) is 4.05. The van der Waals surface area contributed by atoms with Crippen LogP contribution in [-0.2, 0) is 0 Å². The van der Waals surface area contributed by atoms with Gasteiger partial charge in [0.2, 0.25) is 0 Å². The van der Waals surface area contributed by atoms with Crippen LogP contribution in [0.15, 0.2) is 54.6 Å². The number of aromatic hydroxyl groups is 1. The molecule has 2 aromatic rings. The van der Waals surface area contributed by atoms with Crippen LogP contribution >= 0.6 is 0 Å². The minimum atomic E-state index is 0.298. The highest BCUT2D eigenvalue weighted by molar-refractivity contribution is 6.10. The molecule has 0 atom stereocenters. The number of aromatic nitrogens is 2. The van der Waals surface area contributed by atoms with Crippen molar-refractivity contribution in [3.63, 3.8) is 0 Å². The summed E-state index contributed by atoms with van der Waals surface area (Å²) in [4.78, 5) is 0. The minimum Gasteiger partial charge on any atom is -0.506 e. The van der Waals surface area contributed by atoms with E-state index >= 15 is 0 Å². The van der Waals surface area contributed by atoms with Gasteiger partial charge >= 0.3 is 0 Å². The number of anilines is 2. The molecule has 2 aliphatic rings. The molecule has 98 valence electrons. The van der Waals surface area contributed by atoms with Gasteiger partial charge in [0.05, 0.1) is 11.3 Å². The molecule has 0 radical (unpaired) electrons. The lowest BCUT2D eigenvalue weighted by Crippen LogP contribution is -1.90. The number of nitrogens with one attached hydrogen (secondary N) is 3. The summed E-state index contributed by atoms with van der Waals surface area (Å²) in [5, 5.41) is 21.8. The number of hydrogen-bond acceptors (Lipinski definition) is 2. The fourth-order valence-electron chi connectivity index (χ4n) is 2.62. The molecule has 1 heterocycles. The van der Waals surface area contributed by atoms with Crippen molar-refractivity contribution in [3.8, 4) is 17.0 Å². The zero-order valence-electron chi connectivity index (χ0n) is 10.6. The Morgan fingerprint density at radius 3 is 2.30 bits per heavy atom. The summed E-state index contributed by atoms with van der Waals surface area (Å²) >= 11 is 0. The van der Waals surface area contributed by atoms with Gasteiger partial charge in [-0.15, -0.1) is 0 Å². The monoisotopic (exact) mass is 263 g/mol. The van der Waals surface area contributed by atoms with Gasteiger partial charge in [-0.05, 0) is 12.1 Å². The molecule has 2 aromatic carbocycles. The van der Waals surface area contributed by atoms with Gasteiger partial charge in [0, 0.05) is 16.5 Å². The van der Waals surface area contributed by atoms with Gasteiger partial charge in [-0.2, -0.15) is 0 Å². The van der Waals surface area contributed by atoms with E-state index < -0.39 is 0 Å². The maximum atomic E-state index is 10.4. The zero-order valence-corrected chi connectivity index (χ0v) is 10.6. The van der Waals surface area contributed by atoms with Crippen LogP contribution in [0.4, 0.5) is 11.5 Å². The Hall–Kier alpha value is -2.88. The molecule has 4 N–H and O–H groups in total. The maximum absolute atomic E-state index is 10.4. The second kappa shape index (κ2) is 4.06. The third-order valence-corrected chi connectivity index (χ3v) is 3.54. The summed E-state index contributed by atoms with van der Waals surface area (Å²) in [6.07, 6.45) is 0. The van der Waals surface area contributed by atoms with Crippen LogP contribution in [0.1, 0.15) is 0 Å². The largest absolute Gasteiger partial charge is 0.506 e. The third kappa shape index (κ3) is 1.48. The van der Waals surface area contributed by atoms with Crippen LogP contribution in [0, 0.1) is 0 Å². The maximum Gasteiger partial charge on any atom is 0.136 e. The summed E-state index contributed by atoms with van der Waals surface area (Å²) in [7, 11) is 0. The molecule has 0 saturated heterocycles. The van der Waals surface area contributed by atoms with Crippen LogP contribution in [0.25, 0.3) is 22.0 Å². The fraction of sp³-hybridized carbons (Fsp3) is 0. The normalized spacial score (nSPS) is 11.2. The van der Waals surface area contributed by atoms with Crippen molar-refractivity contribution in [2.45, 2.75) is 0 Å². The number of hydrogen-bond donors (Lipinski definition) is 4. The minimum absolute atomic E-state index is 0.298. The summed E-state index contributed by atoms with van der Waals surface area (Å²) in [6, 6.07) is 17.7. The average Bonchev–Trinajstić information content (AvgIpc) is 3.02. The van der Waals surface area contributed by atoms with Crippen molar-refractivity contribution in [2.24, 2.45) is 0 Å². The highest BCUT2D eigenvalue weighted by Gasteiger charge is 2.22. The van der Waals surface area contributed by atoms with Gasteiger partial charge in [-0.3, -0.25) is 10.2 Å². The lowest BCUT2D eigenvalue weighted by atomic mass is 10.2. The number of fused-ring (bicyclic) bond motifs is 3. The van der Waals surface area contributed by atoms with Gasteiger partial charge in [0.15, 0.2) is 0 Å². The van der Waals surface area contributed by atoms with Crippen molar-refractivity contribution in [2.75, 3.05) is 5.32 Å². The Balaban J connectivity index is 1.88. The van der Waals surface area contributed by atoms with Gasteiger partial charge in [-0.25, -0.2) is 0 Å². The van der Waals surface area contributed by atoms with Crippen LogP contribution in [0.5, 0.6) is 5.75 Å². The third-order valence-electron chi connectivity index (χ3n) is 3.54. The van der Waals surface area contributed by atoms with E-state index in [1.54, 1.807) is 0 Å². The van der Waals surface area contributed by atoms with E-state index in [9.17, 15) is 5.11 Å².